The van der Waals surface area contributed by atoms with E-state index in [1.165, 1.54) is 19.3 Å². The Balaban J connectivity index is 1.72. The summed E-state index contributed by atoms with van der Waals surface area (Å²) in [6.07, 6.45) is 6.00. The normalized spacial score (nSPS) is 26.4. The van der Waals surface area contributed by atoms with Crippen LogP contribution in [0.15, 0.2) is 11.6 Å². The van der Waals surface area contributed by atoms with Crippen molar-refractivity contribution >= 4 is 16.3 Å². The van der Waals surface area contributed by atoms with Crippen LogP contribution in [0.25, 0.3) is 4.96 Å². The monoisotopic (exact) mass is 293 g/mol. The lowest BCUT2D eigenvalue weighted by atomic mass is 9.93. The minimum Gasteiger partial charge on any atom is -0.480 e. The fraction of sp³-hybridized carbons (Fsp3) is 0.667. The van der Waals surface area contributed by atoms with E-state index in [-0.39, 0.29) is 0 Å². The van der Waals surface area contributed by atoms with Crippen molar-refractivity contribution in [2.24, 2.45) is 11.8 Å². The molecular formula is C15H23N3OS. The zero-order valence-corrected chi connectivity index (χ0v) is 13.2. The molecule has 1 saturated carbocycles. The van der Waals surface area contributed by atoms with Gasteiger partial charge in [0.25, 0.3) is 0 Å². The number of imidazole rings is 1. The lowest BCUT2D eigenvalue weighted by Gasteiger charge is -2.21. The van der Waals surface area contributed by atoms with Crippen LogP contribution in [0.3, 0.4) is 0 Å². The van der Waals surface area contributed by atoms with Crippen molar-refractivity contribution in [2.75, 3.05) is 7.11 Å². The van der Waals surface area contributed by atoms with Crippen LogP contribution in [-0.4, -0.2) is 22.5 Å². The molecule has 2 aromatic rings. The molecule has 3 atom stereocenters. The molecule has 1 aliphatic carbocycles. The summed E-state index contributed by atoms with van der Waals surface area (Å²) >= 11 is 1.64. The minimum atomic E-state index is 0.619. The summed E-state index contributed by atoms with van der Waals surface area (Å²) in [5.74, 6) is 2.39. The molecule has 5 heteroatoms. The molecule has 1 N–H and O–H groups in total. The van der Waals surface area contributed by atoms with Gasteiger partial charge < -0.3 is 10.1 Å². The number of aromatic nitrogens is 2. The number of hydrogen-bond donors (Lipinski definition) is 1. The van der Waals surface area contributed by atoms with Crippen LogP contribution < -0.4 is 10.1 Å². The zero-order chi connectivity index (χ0) is 14.1. The number of rotatable bonds is 5. The fourth-order valence-electron chi connectivity index (χ4n) is 3.48. The maximum atomic E-state index is 5.41. The van der Waals surface area contributed by atoms with Crippen LogP contribution in [0, 0.1) is 11.8 Å². The molecule has 1 aliphatic rings. The third kappa shape index (κ3) is 2.33. The first kappa shape index (κ1) is 13.9. The predicted octanol–water partition coefficient (Wildman–Crippen LogP) is 3.32. The van der Waals surface area contributed by atoms with Crippen LogP contribution >= 0.6 is 11.3 Å². The highest BCUT2D eigenvalue weighted by Gasteiger charge is 2.31. The number of methoxy groups -OCH3 is 1. The van der Waals surface area contributed by atoms with Crippen molar-refractivity contribution in [2.45, 2.75) is 45.7 Å². The number of nitrogens with one attached hydrogen (secondary N) is 1. The second kappa shape index (κ2) is 5.74. The van der Waals surface area contributed by atoms with E-state index in [4.69, 9.17) is 4.74 Å². The fourth-order valence-corrected chi connectivity index (χ4v) is 4.20. The first-order valence-electron chi connectivity index (χ1n) is 7.46. The number of hydrogen-bond acceptors (Lipinski definition) is 4. The first-order valence-corrected chi connectivity index (χ1v) is 8.34. The average molecular weight is 293 g/mol. The van der Waals surface area contributed by atoms with Gasteiger partial charge in [-0.2, -0.15) is 4.98 Å². The lowest BCUT2D eigenvalue weighted by Crippen LogP contribution is -2.32. The Morgan fingerprint density at radius 2 is 2.35 bits per heavy atom. The standard InChI is InChI=1S/C15H23N3OS/c1-4-11-5-6-12(10(11)2)16-9-13-14(19-3)17-15-18(13)7-8-20-15/h7-8,10-12,16H,4-6,9H2,1-3H3. The van der Waals surface area contributed by atoms with Crippen molar-refractivity contribution in [3.63, 3.8) is 0 Å². The summed E-state index contributed by atoms with van der Waals surface area (Å²) in [6.45, 7) is 5.51. The van der Waals surface area contributed by atoms with Gasteiger partial charge in [0.05, 0.1) is 7.11 Å². The van der Waals surface area contributed by atoms with Gasteiger partial charge in [-0.05, 0) is 24.7 Å². The lowest BCUT2D eigenvalue weighted by molar-refractivity contribution is 0.339. The highest BCUT2D eigenvalue weighted by Crippen LogP contribution is 2.34. The SMILES string of the molecule is CCC1CCC(NCc2c(OC)nc3sccn23)C1C. The smallest absolute Gasteiger partial charge is 0.237 e. The molecule has 0 amide bonds. The largest absolute Gasteiger partial charge is 0.480 e. The Kier molecular flexibility index (Phi) is 3.98. The summed E-state index contributed by atoms with van der Waals surface area (Å²) in [4.78, 5) is 5.51. The van der Waals surface area contributed by atoms with Crippen molar-refractivity contribution < 1.29 is 4.74 Å². The minimum absolute atomic E-state index is 0.619. The number of nitrogens with zero attached hydrogens (tertiary/aromatic N) is 2. The molecule has 2 aromatic heterocycles. The number of thiazole rings is 1. The van der Waals surface area contributed by atoms with Gasteiger partial charge in [0.15, 0.2) is 4.96 Å². The van der Waals surface area contributed by atoms with Gasteiger partial charge in [-0.25, -0.2) is 0 Å². The molecule has 3 rings (SSSR count). The Bertz CT molecular complexity index is 577. The Morgan fingerprint density at radius 3 is 3.05 bits per heavy atom. The van der Waals surface area contributed by atoms with E-state index in [1.54, 1.807) is 18.4 Å². The van der Waals surface area contributed by atoms with Gasteiger partial charge >= 0.3 is 0 Å². The van der Waals surface area contributed by atoms with E-state index in [0.717, 1.165) is 34.9 Å². The average Bonchev–Trinajstić information content (AvgIpc) is 3.11. The Morgan fingerprint density at radius 1 is 1.50 bits per heavy atom. The highest BCUT2D eigenvalue weighted by atomic mass is 32.1. The molecule has 0 radical (unpaired) electrons. The van der Waals surface area contributed by atoms with Crippen molar-refractivity contribution in [3.05, 3.63) is 17.3 Å². The van der Waals surface area contributed by atoms with Crippen LogP contribution in [0.5, 0.6) is 5.88 Å². The van der Waals surface area contributed by atoms with Crippen LogP contribution in [0.2, 0.25) is 0 Å². The number of fused-ring (bicyclic) bond motifs is 1. The van der Waals surface area contributed by atoms with E-state index < -0.39 is 0 Å². The van der Waals surface area contributed by atoms with E-state index >= 15 is 0 Å². The molecule has 4 nitrogen and oxygen atoms in total. The third-order valence-corrected chi connectivity index (χ3v) is 5.56. The molecule has 0 bridgehead atoms. The first-order chi connectivity index (χ1) is 9.74. The van der Waals surface area contributed by atoms with Gasteiger partial charge in [0.1, 0.15) is 5.69 Å². The van der Waals surface area contributed by atoms with Gasteiger partial charge in [0, 0.05) is 24.2 Å². The van der Waals surface area contributed by atoms with E-state index in [9.17, 15) is 0 Å². The number of ether oxygens (including phenoxy) is 1. The van der Waals surface area contributed by atoms with Gasteiger partial charge in [-0.1, -0.05) is 20.3 Å². The van der Waals surface area contributed by atoms with Crippen molar-refractivity contribution in [1.82, 2.24) is 14.7 Å². The quantitative estimate of drug-likeness (QED) is 0.919. The third-order valence-electron chi connectivity index (χ3n) is 4.80. The van der Waals surface area contributed by atoms with E-state index in [0.29, 0.717) is 6.04 Å². The van der Waals surface area contributed by atoms with Gasteiger partial charge in [-0.3, -0.25) is 4.40 Å². The predicted molar refractivity (Wildman–Crippen MR) is 82.4 cm³/mol. The van der Waals surface area contributed by atoms with Crippen LogP contribution in [0.1, 0.15) is 38.8 Å². The molecule has 3 unspecified atom stereocenters. The van der Waals surface area contributed by atoms with Crippen LogP contribution in [-0.2, 0) is 6.54 Å². The van der Waals surface area contributed by atoms with Crippen molar-refractivity contribution in [1.29, 1.82) is 0 Å². The van der Waals surface area contributed by atoms with Crippen LogP contribution in [0.4, 0.5) is 0 Å². The van der Waals surface area contributed by atoms with Gasteiger partial charge in [-0.15, -0.1) is 11.3 Å². The molecule has 1 fully saturated rings. The molecule has 0 spiro atoms. The van der Waals surface area contributed by atoms with E-state index in [2.05, 4.69) is 40.1 Å². The summed E-state index contributed by atoms with van der Waals surface area (Å²) < 4.78 is 7.54. The van der Waals surface area contributed by atoms with E-state index in [1.807, 2.05) is 0 Å². The maximum Gasteiger partial charge on any atom is 0.237 e. The Labute approximate surface area is 124 Å². The molecular weight excluding hydrogens is 270 g/mol. The summed E-state index contributed by atoms with van der Waals surface area (Å²) in [7, 11) is 1.70. The molecule has 0 aliphatic heterocycles. The molecule has 110 valence electrons. The zero-order valence-electron chi connectivity index (χ0n) is 12.4. The summed E-state index contributed by atoms with van der Waals surface area (Å²) in [5.41, 5.74) is 1.14. The summed E-state index contributed by atoms with van der Waals surface area (Å²) in [5, 5.41) is 5.78. The molecule has 20 heavy (non-hydrogen) atoms. The topological polar surface area (TPSA) is 38.6 Å². The molecule has 0 aromatic carbocycles. The Hall–Kier alpha value is -1.07. The highest BCUT2D eigenvalue weighted by molar-refractivity contribution is 7.15. The van der Waals surface area contributed by atoms with Crippen molar-refractivity contribution in [3.8, 4) is 5.88 Å². The maximum absolute atomic E-state index is 5.41. The summed E-state index contributed by atoms with van der Waals surface area (Å²) in [6, 6.07) is 0.619. The molecule has 0 saturated heterocycles. The molecule has 2 heterocycles. The van der Waals surface area contributed by atoms with Gasteiger partial charge in [0.2, 0.25) is 5.88 Å². The second-order valence-corrected chi connectivity index (χ2v) is 6.59. The second-order valence-electron chi connectivity index (χ2n) is 5.72.